The molecule has 1 aromatic carbocycles. The van der Waals surface area contributed by atoms with Crippen LogP contribution < -0.4 is 9.47 Å². The second-order valence-electron chi connectivity index (χ2n) is 8.48. The number of carbonyl (C=O) groups is 1. The number of hydrogen-bond acceptors (Lipinski definition) is 6. The summed E-state index contributed by atoms with van der Waals surface area (Å²) in [6.45, 7) is 7.36. The molecule has 34 heavy (non-hydrogen) atoms. The summed E-state index contributed by atoms with van der Waals surface area (Å²) in [5.74, 6) is 0.410. The number of aromatic carboxylic acids is 1. The van der Waals surface area contributed by atoms with Crippen molar-refractivity contribution in [3.05, 3.63) is 53.9 Å². The van der Waals surface area contributed by atoms with Crippen LogP contribution in [0.1, 0.15) is 41.6 Å². The van der Waals surface area contributed by atoms with Gasteiger partial charge in [-0.25, -0.2) is 9.78 Å². The Morgan fingerprint density at radius 3 is 2.74 bits per heavy atom. The molecule has 0 spiro atoms. The van der Waals surface area contributed by atoms with Crippen LogP contribution in [0.5, 0.6) is 11.5 Å². The fourth-order valence-electron chi connectivity index (χ4n) is 4.63. The Balaban J connectivity index is 1.34. The first-order chi connectivity index (χ1) is 16.6. The summed E-state index contributed by atoms with van der Waals surface area (Å²) >= 11 is 0. The number of pyridine rings is 1. The molecule has 0 unspecified atom stereocenters. The minimum atomic E-state index is -1.01. The molecule has 3 heterocycles. The SMILES string of the molecule is CCOCCn1cc(C2CCN(CCOc3cc(OC)ccc3C(=O)O)CC2)c2cccnc21. The third-order valence-electron chi connectivity index (χ3n) is 6.46. The Hall–Kier alpha value is -3.10. The molecule has 0 atom stereocenters. The lowest BCUT2D eigenvalue weighted by Crippen LogP contribution is -2.35. The van der Waals surface area contributed by atoms with E-state index in [2.05, 4.69) is 26.7 Å². The summed E-state index contributed by atoms with van der Waals surface area (Å²) in [6, 6.07) is 8.95. The number of benzene rings is 1. The molecular formula is C26H33N3O5. The molecule has 2 aromatic heterocycles. The number of rotatable bonds is 11. The van der Waals surface area contributed by atoms with Crippen molar-refractivity contribution in [2.45, 2.75) is 32.2 Å². The average Bonchev–Trinajstić information content (AvgIpc) is 3.23. The summed E-state index contributed by atoms with van der Waals surface area (Å²) < 4.78 is 18.8. The molecule has 182 valence electrons. The van der Waals surface area contributed by atoms with Crippen LogP contribution in [-0.4, -0.2) is 72.1 Å². The monoisotopic (exact) mass is 467 g/mol. The zero-order valence-electron chi connectivity index (χ0n) is 19.9. The van der Waals surface area contributed by atoms with E-state index in [1.807, 2.05) is 19.2 Å². The van der Waals surface area contributed by atoms with Crippen LogP contribution in [0.2, 0.25) is 0 Å². The lowest BCUT2D eigenvalue weighted by Gasteiger charge is -2.31. The highest BCUT2D eigenvalue weighted by atomic mass is 16.5. The van der Waals surface area contributed by atoms with Gasteiger partial charge in [0.05, 0.1) is 13.7 Å². The molecule has 1 aliphatic heterocycles. The molecular weight excluding hydrogens is 434 g/mol. The third kappa shape index (κ3) is 5.51. The molecule has 1 fully saturated rings. The number of aromatic nitrogens is 2. The predicted octanol–water partition coefficient (Wildman–Crippen LogP) is 4.04. The zero-order chi connectivity index (χ0) is 23.9. The number of ether oxygens (including phenoxy) is 3. The van der Waals surface area contributed by atoms with E-state index >= 15 is 0 Å². The van der Waals surface area contributed by atoms with Crippen molar-refractivity contribution in [1.29, 1.82) is 0 Å². The van der Waals surface area contributed by atoms with Crippen molar-refractivity contribution in [1.82, 2.24) is 14.5 Å². The molecule has 0 saturated carbocycles. The molecule has 3 aromatic rings. The lowest BCUT2D eigenvalue weighted by molar-refractivity contribution is 0.0691. The van der Waals surface area contributed by atoms with E-state index in [1.54, 1.807) is 19.2 Å². The largest absolute Gasteiger partial charge is 0.497 e. The number of fused-ring (bicyclic) bond motifs is 1. The number of hydrogen-bond donors (Lipinski definition) is 1. The third-order valence-corrected chi connectivity index (χ3v) is 6.46. The van der Waals surface area contributed by atoms with Gasteiger partial charge in [0.2, 0.25) is 0 Å². The van der Waals surface area contributed by atoms with Crippen molar-refractivity contribution >= 4 is 17.0 Å². The quantitative estimate of drug-likeness (QED) is 0.426. The first-order valence-electron chi connectivity index (χ1n) is 11.9. The molecule has 1 aliphatic rings. The van der Waals surface area contributed by atoms with Crippen molar-refractivity contribution in [3.8, 4) is 11.5 Å². The summed E-state index contributed by atoms with van der Waals surface area (Å²) in [7, 11) is 1.55. The van der Waals surface area contributed by atoms with Crippen molar-refractivity contribution < 1.29 is 24.1 Å². The predicted molar refractivity (Wildman–Crippen MR) is 130 cm³/mol. The molecule has 1 N–H and O–H groups in total. The smallest absolute Gasteiger partial charge is 0.339 e. The standard InChI is InChI=1S/C26H33N3O5/c1-3-33-15-14-29-18-23(21-5-4-10-27-25(21)29)19-8-11-28(12-9-19)13-16-34-24-17-20(32-2)6-7-22(24)26(30)31/h4-7,10,17-19H,3,8-9,11-16H2,1-2H3,(H,30,31). The van der Waals surface area contributed by atoms with E-state index in [1.165, 1.54) is 17.0 Å². The first kappa shape index (κ1) is 24.0. The highest BCUT2D eigenvalue weighted by Gasteiger charge is 2.24. The number of nitrogens with zero attached hydrogens (tertiary/aromatic N) is 3. The Kier molecular flexibility index (Phi) is 8.03. The highest BCUT2D eigenvalue weighted by molar-refractivity contribution is 5.91. The van der Waals surface area contributed by atoms with Gasteiger partial charge >= 0.3 is 5.97 Å². The maximum Gasteiger partial charge on any atom is 0.339 e. The second-order valence-corrected chi connectivity index (χ2v) is 8.48. The van der Waals surface area contributed by atoms with E-state index in [0.29, 0.717) is 30.6 Å². The normalized spacial score (nSPS) is 15.0. The molecule has 0 aliphatic carbocycles. The van der Waals surface area contributed by atoms with Crippen molar-refractivity contribution in [2.24, 2.45) is 0 Å². The van der Waals surface area contributed by atoms with Gasteiger partial charge in [-0.2, -0.15) is 0 Å². The maximum atomic E-state index is 11.5. The van der Waals surface area contributed by atoms with Crippen LogP contribution in [0.25, 0.3) is 11.0 Å². The van der Waals surface area contributed by atoms with Gasteiger partial charge in [-0.15, -0.1) is 0 Å². The van der Waals surface area contributed by atoms with Crippen LogP contribution >= 0.6 is 0 Å². The summed E-state index contributed by atoms with van der Waals surface area (Å²) in [5, 5.41) is 10.6. The van der Waals surface area contributed by atoms with Gasteiger partial charge in [0.1, 0.15) is 29.3 Å². The molecule has 0 radical (unpaired) electrons. The van der Waals surface area contributed by atoms with Gasteiger partial charge in [0.25, 0.3) is 0 Å². The summed E-state index contributed by atoms with van der Waals surface area (Å²) in [4.78, 5) is 18.5. The fraction of sp³-hybridized carbons (Fsp3) is 0.462. The van der Waals surface area contributed by atoms with Gasteiger partial charge in [-0.3, -0.25) is 4.90 Å². The summed E-state index contributed by atoms with van der Waals surface area (Å²) in [6.07, 6.45) is 6.25. The number of methoxy groups -OCH3 is 1. The van der Waals surface area contributed by atoms with E-state index in [4.69, 9.17) is 14.2 Å². The van der Waals surface area contributed by atoms with Crippen molar-refractivity contribution in [3.63, 3.8) is 0 Å². The van der Waals surface area contributed by atoms with Crippen LogP contribution in [0, 0.1) is 0 Å². The van der Waals surface area contributed by atoms with Gasteiger partial charge in [-0.05, 0) is 68.6 Å². The Morgan fingerprint density at radius 2 is 2.00 bits per heavy atom. The van der Waals surface area contributed by atoms with E-state index in [9.17, 15) is 9.90 Å². The van der Waals surface area contributed by atoms with Gasteiger partial charge < -0.3 is 23.9 Å². The highest BCUT2D eigenvalue weighted by Crippen LogP contribution is 2.34. The van der Waals surface area contributed by atoms with E-state index < -0.39 is 5.97 Å². The number of likely N-dealkylation sites (tertiary alicyclic amines) is 1. The zero-order valence-corrected chi connectivity index (χ0v) is 19.9. The number of piperidine rings is 1. The van der Waals surface area contributed by atoms with Gasteiger partial charge in [-0.1, -0.05) is 0 Å². The molecule has 0 bridgehead atoms. The molecule has 0 amide bonds. The van der Waals surface area contributed by atoms with E-state index in [-0.39, 0.29) is 5.56 Å². The first-order valence-corrected chi connectivity index (χ1v) is 11.9. The molecule has 1 saturated heterocycles. The lowest BCUT2D eigenvalue weighted by atomic mass is 9.89. The van der Waals surface area contributed by atoms with Crippen LogP contribution in [0.4, 0.5) is 0 Å². The van der Waals surface area contributed by atoms with Crippen LogP contribution in [-0.2, 0) is 11.3 Å². The number of carboxylic acid groups (broad SMARTS) is 1. The second kappa shape index (κ2) is 11.4. The van der Waals surface area contributed by atoms with Crippen LogP contribution in [0.15, 0.2) is 42.7 Å². The Morgan fingerprint density at radius 1 is 1.18 bits per heavy atom. The minimum Gasteiger partial charge on any atom is -0.497 e. The van der Waals surface area contributed by atoms with E-state index in [0.717, 1.165) is 51.3 Å². The summed E-state index contributed by atoms with van der Waals surface area (Å²) in [5.41, 5.74) is 2.55. The van der Waals surface area contributed by atoms with Crippen molar-refractivity contribution in [2.75, 3.05) is 46.6 Å². The molecule has 8 heteroatoms. The Bertz CT molecular complexity index is 1110. The number of carboxylic acids is 1. The van der Waals surface area contributed by atoms with Gasteiger partial charge in [0.15, 0.2) is 0 Å². The molecule has 4 rings (SSSR count). The maximum absolute atomic E-state index is 11.5. The fourth-order valence-corrected chi connectivity index (χ4v) is 4.63. The Labute approximate surface area is 200 Å². The van der Waals surface area contributed by atoms with Gasteiger partial charge in [0, 0.05) is 43.5 Å². The average molecular weight is 468 g/mol. The molecule has 8 nitrogen and oxygen atoms in total. The minimum absolute atomic E-state index is 0.147. The topological polar surface area (TPSA) is 86.0 Å². The van der Waals surface area contributed by atoms with Crippen LogP contribution in [0.3, 0.4) is 0 Å².